The number of carbonyl (C=O) groups excluding carboxylic acids is 2. The van der Waals surface area contributed by atoms with Crippen molar-refractivity contribution >= 4 is 41.3 Å². The Labute approximate surface area is 177 Å². The fraction of sp³-hybridized carbons (Fsp3) is 0.0455. The summed E-state index contributed by atoms with van der Waals surface area (Å²) < 4.78 is 5.36. The van der Waals surface area contributed by atoms with Gasteiger partial charge in [0.2, 0.25) is 0 Å². The molecule has 0 fully saturated rings. The largest absolute Gasteiger partial charge is 0.423 e. The molecule has 0 aliphatic heterocycles. The third kappa shape index (κ3) is 5.67. The van der Waals surface area contributed by atoms with E-state index in [-0.39, 0.29) is 16.5 Å². The van der Waals surface area contributed by atoms with Gasteiger partial charge in [-0.3, -0.25) is 4.79 Å². The van der Waals surface area contributed by atoms with E-state index in [9.17, 15) is 9.59 Å². The Bertz CT molecular complexity index is 1100. The van der Waals surface area contributed by atoms with Crippen molar-refractivity contribution in [2.45, 2.75) is 6.92 Å². The average Bonchev–Trinajstić information content (AvgIpc) is 2.68. The number of amides is 1. The first-order valence-corrected chi connectivity index (χ1v) is 9.35. The standard InChI is InChI=1S/C22H16Cl2N2O3/c1-14-4-2-6-16(10-14)21(27)26-25-13-15-5-3-7-18(11-15)29-22(28)19-9-8-17(23)12-20(19)24/h2-13H,1H3,(H,26,27)/b25-13+. The zero-order valence-electron chi connectivity index (χ0n) is 15.4. The van der Waals surface area contributed by atoms with Gasteiger partial charge in [-0.25, -0.2) is 10.2 Å². The highest BCUT2D eigenvalue weighted by atomic mass is 35.5. The second-order valence-corrected chi connectivity index (χ2v) is 7.00. The Balaban J connectivity index is 1.65. The monoisotopic (exact) mass is 426 g/mol. The zero-order valence-corrected chi connectivity index (χ0v) is 16.9. The smallest absolute Gasteiger partial charge is 0.345 e. The number of hydrogen-bond donors (Lipinski definition) is 1. The summed E-state index contributed by atoms with van der Waals surface area (Å²) in [5.74, 6) is -0.603. The van der Waals surface area contributed by atoms with Crippen LogP contribution in [0.2, 0.25) is 10.0 Å². The van der Waals surface area contributed by atoms with E-state index in [2.05, 4.69) is 10.5 Å². The molecule has 1 amide bonds. The minimum atomic E-state index is -0.603. The molecule has 0 radical (unpaired) electrons. The van der Waals surface area contributed by atoms with Crippen molar-refractivity contribution in [1.29, 1.82) is 0 Å². The SMILES string of the molecule is Cc1cccc(C(=O)N/N=C/c2cccc(OC(=O)c3ccc(Cl)cc3Cl)c2)c1. The van der Waals surface area contributed by atoms with Gasteiger partial charge >= 0.3 is 5.97 Å². The lowest BCUT2D eigenvalue weighted by atomic mass is 10.1. The lowest BCUT2D eigenvalue weighted by molar-refractivity contribution is 0.0734. The lowest BCUT2D eigenvalue weighted by Crippen LogP contribution is -2.17. The van der Waals surface area contributed by atoms with Crippen LogP contribution < -0.4 is 10.2 Å². The first-order valence-electron chi connectivity index (χ1n) is 8.60. The van der Waals surface area contributed by atoms with E-state index >= 15 is 0 Å². The van der Waals surface area contributed by atoms with Crippen LogP contribution in [0.1, 0.15) is 31.8 Å². The molecule has 0 saturated heterocycles. The molecular formula is C22H16Cl2N2O3. The van der Waals surface area contributed by atoms with Crippen LogP contribution in [-0.2, 0) is 0 Å². The predicted molar refractivity (Wildman–Crippen MR) is 114 cm³/mol. The van der Waals surface area contributed by atoms with Gasteiger partial charge in [0.15, 0.2) is 0 Å². The zero-order chi connectivity index (χ0) is 20.8. The Morgan fingerprint density at radius 1 is 1.00 bits per heavy atom. The summed E-state index contributed by atoms with van der Waals surface area (Å²) in [5, 5.41) is 4.58. The van der Waals surface area contributed by atoms with Crippen LogP contribution in [-0.4, -0.2) is 18.1 Å². The summed E-state index contributed by atoms with van der Waals surface area (Å²) >= 11 is 11.9. The summed E-state index contributed by atoms with van der Waals surface area (Å²) in [6, 6.07) is 18.4. The molecule has 0 bridgehead atoms. The summed E-state index contributed by atoms with van der Waals surface area (Å²) in [6.07, 6.45) is 1.46. The second-order valence-electron chi connectivity index (χ2n) is 6.15. The van der Waals surface area contributed by atoms with Crippen molar-refractivity contribution in [3.63, 3.8) is 0 Å². The molecular weight excluding hydrogens is 411 g/mol. The highest BCUT2D eigenvalue weighted by Crippen LogP contribution is 2.23. The molecule has 0 spiro atoms. The number of esters is 1. The van der Waals surface area contributed by atoms with Gasteiger partial charge in [0.05, 0.1) is 16.8 Å². The van der Waals surface area contributed by atoms with Crippen LogP contribution >= 0.6 is 23.2 Å². The van der Waals surface area contributed by atoms with Crippen molar-refractivity contribution in [2.75, 3.05) is 0 Å². The first-order chi connectivity index (χ1) is 13.9. The van der Waals surface area contributed by atoms with Crippen molar-refractivity contribution in [3.8, 4) is 5.75 Å². The molecule has 29 heavy (non-hydrogen) atoms. The molecule has 0 saturated carbocycles. The summed E-state index contributed by atoms with van der Waals surface area (Å²) in [5.41, 5.74) is 4.82. The third-order valence-electron chi connectivity index (χ3n) is 3.88. The van der Waals surface area contributed by atoms with Crippen LogP contribution in [0.3, 0.4) is 0 Å². The molecule has 3 rings (SSSR count). The average molecular weight is 427 g/mol. The Hall–Kier alpha value is -3.15. The van der Waals surface area contributed by atoms with Gasteiger partial charge < -0.3 is 4.74 Å². The summed E-state index contributed by atoms with van der Waals surface area (Å²) in [4.78, 5) is 24.4. The van der Waals surface area contributed by atoms with Crippen LogP contribution in [0.4, 0.5) is 0 Å². The summed E-state index contributed by atoms with van der Waals surface area (Å²) in [7, 11) is 0. The Morgan fingerprint density at radius 3 is 2.55 bits per heavy atom. The van der Waals surface area contributed by atoms with Gasteiger partial charge in [0.1, 0.15) is 5.75 Å². The maximum Gasteiger partial charge on any atom is 0.345 e. The number of aryl methyl sites for hydroxylation is 1. The minimum Gasteiger partial charge on any atom is -0.423 e. The van der Waals surface area contributed by atoms with E-state index < -0.39 is 5.97 Å². The van der Waals surface area contributed by atoms with Crippen molar-refractivity contribution in [3.05, 3.63) is 99.0 Å². The Morgan fingerprint density at radius 2 is 1.79 bits per heavy atom. The van der Waals surface area contributed by atoms with E-state index in [1.807, 2.05) is 13.0 Å². The minimum absolute atomic E-state index is 0.207. The number of rotatable bonds is 5. The van der Waals surface area contributed by atoms with Crippen LogP contribution in [0.15, 0.2) is 71.8 Å². The van der Waals surface area contributed by atoms with Crippen LogP contribution in [0.25, 0.3) is 0 Å². The number of hydrogen-bond acceptors (Lipinski definition) is 4. The summed E-state index contributed by atoms with van der Waals surface area (Å²) in [6.45, 7) is 1.91. The van der Waals surface area contributed by atoms with E-state index in [0.717, 1.165) is 5.56 Å². The molecule has 0 aliphatic rings. The third-order valence-corrected chi connectivity index (χ3v) is 4.43. The second kappa shape index (κ2) is 9.37. The molecule has 146 valence electrons. The van der Waals surface area contributed by atoms with Crippen molar-refractivity contribution in [1.82, 2.24) is 5.43 Å². The van der Waals surface area contributed by atoms with E-state index in [0.29, 0.717) is 21.9 Å². The van der Waals surface area contributed by atoms with Gasteiger partial charge in [-0.2, -0.15) is 5.10 Å². The molecule has 5 nitrogen and oxygen atoms in total. The van der Waals surface area contributed by atoms with Gasteiger partial charge in [0.25, 0.3) is 5.91 Å². The van der Waals surface area contributed by atoms with Crippen LogP contribution in [0.5, 0.6) is 5.75 Å². The van der Waals surface area contributed by atoms with Crippen molar-refractivity contribution in [2.24, 2.45) is 5.10 Å². The molecule has 1 N–H and O–H groups in total. The van der Waals surface area contributed by atoms with E-state index in [1.165, 1.54) is 18.3 Å². The molecule has 0 heterocycles. The van der Waals surface area contributed by atoms with Crippen LogP contribution in [0, 0.1) is 6.92 Å². The van der Waals surface area contributed by atoms with Crippen molar-refractivity contribution < 1.29 is 14.3 Å². The maximum atomic E-state index is 12.3. The number of benzene rings is 3. The fourth-order valence-corrected chi connectivity index (χ4v) is 2.98. The quantitative estimate of drug-likeness (QED) is 0.261. The van der Waals surface area contributed by atoms with Gasteiger partial charge in [-0.05, 0) is 55.0 Å². The van der Waals surface area contributed by atoms with Gasteiger partial charge in [-0.1, -0.05) is 53.0 Å². The molecule has 3 aromatic carbocycles. The maximum absolute atomic E-state index is 12.3. The van der Waals surface area contributed by atoms with E-state index in [4.69, 9.17) is 27.9 Å². The number of carbonyl (C=O) groups is 2. The van der Waals surface area contributed by atoms with E-state index in [1.54, 1.807) is 48.5 Å². The molecule has 0 unspecified atom stereocenters. The number of ether oxygens (including phenoxy) is 1. The van der Waals surface area contributed by atoms with Gasteiger partial charge in [-0.15, -0.1) is 0 Å². The number of nitrogens with zero attached hydrogens (tertiary/aromatic N) is 1. The number of hydrazone groups is 1. The van der Waals surface area contributed by atoms with Gasteiger partial charge in [0, 0.05) is 10.6 Å². The highest BCUT2D eigenvalue weighted by Gasteiger charge is 2.13. The lowest BCUT2D eigenvalue weighted by Gasteiger charge is -2.07. The normalized spacial score (nSPS) is 10.7. The molecule has 0 aromatic heterocycles. The molecule has 7 heteroatoms. The molecule has 0 aliphatic carbocycles. The highest BCUT2D eigenvalue weighted by molar-refractivity contribution is 6.36. The first kappa shape index (κ1) is 20.6. The predicted octanol–water partition coefficient (Wildman–Crippen LogP) is 5.28. The number of halogens is 2. The molecule has 3 aromatic rings. The molecule has 0 atom stereocenters. The fourth-order valence-electron chi connectivity index (χ4n) is 2.49. The topological polar surface area (TPSA) is 67.8 Å². The number of nitrogens with one attached hydrogen (secondary N) is 1. The Kier molecular flexibility index (Phi) is 6.65.